The molecule has 0 bridgehead atoms. The second-order valence-electron chi connectivity index (χ2n) is 5.69. The van der Waals surface area contributed by atoms with Gasteiger partial charge in [-0.25, -0.2) is 0 Å². The summed E-state index contributed by atoms with van der Waals surface area (Å²) in [6.07, 6.45) is 3.87. The predicted octanol–water partition coefficient (Wildman–Crippen LogP) is 3.15. The smallest absolute Gasteiger partial charge is 0.228 e. The first-order valence-corrected chi connectivity index (χ1v) is 7.94. The maximum atomic E-state index is 11.6. The highest BCUT2D eigenvalue weighted by atomic mass is 32.1. The molecule has 0 radical (unpaired) electrons. The fraction of sp³-hybridized carbons (Fsp3) is 0.500. The number of carbonyl (C=O) groups excluding carboxylic acids is 1. The highest BCUT2D eigenvalue weighted by molar-refractivity contribution is 7.80. The first kappa shape index (κ1) is 15.8. The Hall–Kier alpha value is -1.62. The lowest BCUT2D eigenvalue weighted by molar-refractivity contribution is -0.122. The normalized spacial score (nSPS) is 14.9. The minimum atomic E-state index is -0.0776. The van der Waals surface area contributed by atoms with Crippen LogP contribution in [0.15, 0.2) is 24.3 Å². The van der Waals surface area contributed by atoms with E-state index in [9.17, 15) is 4.79 Å². The zero-order valence-corrected chi connectivity index (χ0v) is 13.5. The molecule has 1 aliphatic heterocycles. The average Bonchev–Trinajstić information content (AvgIpc) is 2.48. The Bertz CT molecular complexity index is 493. The molecule has 0 saturated carbocycles. The van der Waals surface area contributed by atoms with Crippen molar-refractivity contribution < 1.29 is 4.79 Å². The SMILES string of the molecule is CC(C)C(=O)NC(=S)Nc1ccc(N2CCCCC2)cc1. The molecule has 0 aliphatic carbocycles. The van der Waals surface area contributed by atoms with Crippen molar-refractivity contribution in [3.8, 4) is 0 Å². The zero-order valence-electron chi connectivity index (χ0n) is 12.7. The van der Waals surface area contributed by atoms with Gasteiger partial charge in [0.2, 0.25) is 5.91 Å². The third kappa shape index (κ3) is 4.70. The summed E-state index contributed by atoms with van der Waals surface area (Å²) in [5, 5.41) is 6.06. The van der Waals surface area contributed by atoms with Crippen LogP contribution < -0.4 is 15.5 Å². The number of nitrogens with one attached hydrogen (secondary N) is 2. The standard InChI is InChI=1S/C16H23N3OS/c1-12(2)15(20)18-16(21)17-13-6-8-14(9-7-13)19-10-4-3-5-11-19/h6-9,12H,3-5,10-11H2,1-2H3,(H2,17,18,20,21). The van der Waals surface area contributed by atoms with Crippen LogP contribution in [0, 0.1) is 5.92 Å². The van der Waals surface area contributed by atoms with E-state index in [4.69, 9.17) is 12.2 Å². The molecular weight excluding hydrogens is 282 g/mol. The third-order valence-electron chi connectivity index (χ3n) is 3.61. The average molecular weight is 305 g/mol. The molecule has 1 saturated heterocycles. The monoisotopic (exact) mass is 305 g/mol. The number of nitrogens with zero attached hydrogens (tertiary/aromatic N) is 1. The number of rotatable bonds is 3. The van der Waals surface area contributed by atoms with Crippen molar-refractivity contribution in [2.24, 2.45) is 5.92 Å². The van der Waals surface area contributed by atoms with E-state index in [1.54, 1.807) is 0 Å². The minimum Gasteiger partial charge on any atom is -0.372 e. The molecule has 2 rings (SSSR count). The van der Waals surface area contributed by atoms with Gasteiger partial charge in [0.05, 0.1) is 0 Å². The van der Waals surface area contributed by atoms with Crippen molar-refractivity contribution >= 4 is 34.6 Å². The summed E-state index contributed by atoms with van der Waals surface area (Å²) in [6, 6.07) is 8.19. The van der Waals surface area contributed by atoms with E-state index in [1.807, 2.05) is 26.0 Å². The van der Waals surface area contributed by atoms with Gasteiger partial charge in [-0.2, -0.15) is 0 Å². The Labute approximate surface area is 131 Å². The molecule has 1 aromatic rings. The first-order chi connectivity index (χ1) is 10.1. The Morgan fingerprint density at radius 1 is 1.14 bits per heavy atom. The van der Waals surface area contributed by atoms with E-state index in [0.29, 0.717) is 5.11 Å². The highest BCUT2D eigenvalue weighted by Crippen LogP contribution is 2.21. The number of carbonyl (C=O) groups is 1. The minimum absolute atomic E-state index is 0.0718. The van der Waals surface area contributed by atoms with Crippen molar-refractivity contribution in [2.45, 2.75) is 33.1 Å². The second-order valence-corrected chi connectivity index (χ2v) is 6.10. The van der Waals surface area contributed by atoms with Gasteiger partial charge in [0.15, 0.2) is 5.11 Å². The van der Waals surface area contributed by atoms with Crippen LogP contribution in [-0.2, 0) is 4.79 Å². The van der Waals surface area contributed by atoms with Crippen molar-refractivity contribution in [2.75, 3.05) is 23.3 Å². The summed E-state index contributed by atoms with van der Waals surface area (Å²) in [6.45, 7) is 5.95. The molecule has 1 aromatic carbocycles. The lowest BCUT2D eigenvalue weighted by Crippen LogP contribution is -2.36. The lowest BCUT2D eigenvalue weighted by atomic mass is 10.1. The molecule has 21 heavy (non-hydrogen) atoms. The number of benzene rings is 1. The van der Waals surface area contributed by atoms with E-state index in [1.165, 1.54) is 24.9 Å². The molecule has 0 aromatic heterocycles. The third-order valence-corrected chi connectivity index (χ3v) is 3.81. The molecule has 1 heterocycles. The fourth-order valence-corrected chi connectivity index (χ4v) is 2.54. The van der Waals surface area contributed by atoms with Gasteiger partial charge in [-0.15, -0.1) is 0 Å². The first-order valence-electron chi connectivity index (χ1n) is 7.53. The van der Waals surface area contributed by atoms with Gasteiger partial charge in [0, 0.05) is 30.4 Å². The quantitative estimate of drug-likeness (QED) is 0.842. The van der Waals surface area contributed by atoms with Crippen molar-refractivity contribution in [1.29, 1.82) is 0 Å². The number of thiocarbonyl (C=S) groups is 1. The lowest BCUT2D eigenvalue weighted by Gasteiger charge is -2.28. The van der Waals surface area contributed by atoms with Gasteiger partial charge < -0.3 is 15.5 Å². The van der Waals surface area contributed by atoms with Crippen LogP contribution in [0.5, 0.6) is 0 Å². The zero-order chi connectivity index (χ0) is 15.2. The maximum absolute atomic E-state index is 11.6. The molecule has 2 N–H and O–H groups in total. The topological polar surface area (TPSA) is 44.4 Å². The summed E-state index contributed by atoms with van der Waals surface area (Å²) in [5.41, 5.74) is 2.14. The van der Waals surface area contributed by atoms with Crippen LogP contribution in [0.4, 0.5) is 11.4 Å². The van der Waals surface area contributed by atoms with Crippen molar-refractivity contribution in [3.63, 3.8) is 0 Å². The number of piperidine rings is 1. The molecule has 0 spiro atoms. The van der Waals surface area contributed by atoms with Crippen LogP contribution in [0.1, 0.15) is 33.1 Å². The Morgan fingerprint density at radius 3 is 2.33 bits per heavy atom. The number of hydrogen-bond donors (Lipinski definition) is 2. The molecular formula is C16H23N3OS. The van der Waals surface area contributed by atoms with Gasteiger partial charge in [0.1, 0.15) is 0 Å². The largest absolute Gasteiger partial charge is 0.372 e. The summed E-state index contributed by atoms with van der Waals surface area (Å²) >= 11 is 5.14. The molecule has 1 fully saturated rings. The van der Waals surface area contributed by atoms with E-state index in [2.05, 4.69) is 27.7 Å². The predicted molar refractivity (Wildman–Crippen MR) is 91.7 cm³/mol. The van der Waals surface area contributed by atoms with Gasteiger partial charge in [-0.3, -0.25) is 4.79 Å². The van der Waals surface area contributed by atoms with Gasteiger partial charge in [-0.1, -0.05) is 13.8 Å². The number of anilines is 2. The van der Waals surface area contributed by atoms with Gasteiger partial charge in [-0.05, 0) is 55.7 Å². The second kappa shape index (κ2) is 7.41. The van der Waals surface area contributed by atoms with Crippen LogP contribution in [0.3, 0.4) is 0 Å². The molecule has 1 aliphatic rings. The fourth-order valence-electron chi connectivity index (χ4n) is 2.33. The van der Waals surface area contributed by atoms with Crippen LogP contribution in [0.2, 0.25) is 0 Å². The molecule has 5 heteroatoms. The molecule has 114 valence electrons. The van der Waals surface area contributed by atoms with Gasteiger partial charge in [0.25, 0.3) is 0 Å². The van der Waals surface area contributed by atoms with E-state index >= 15 is 0 Å². The van der Waals surface area contributed by atoms with Crippen molar-refractivity contribution in [1.82, 2.24) is 5.32 Å². The van der Waals surface area contributed by atoms with Gasteiger partial charge >= 0.3 is 0 Å². The highest BCUT2D eigenvalue weighted by Gasteiger charge is 2.11. The van der Waals surface area contributed by atoms with E-state index in [0.717, 1.165) is 18.8 Å². The Kier molecular flexibility index (Phi) is 5.56. The van der Waals surface area contributed by atoms with Crippen LogP contribution in [-0.4, -0.2) is 24.1 Å². The summed E-state index contributed by atoms with van der Waals surface area (Å²) < 4.78 is 0. The molecule has 1 amide bonds. The van der Waals surface area contributed by atoms with E-state index < -0.39 is 0 Å². The molecule has 4 nitrogen and oxygen atoms in total. The molecule has 0 atom stereocenters. The van der Waals surface area contributed by atoms with E-state index in [-0.39, 0.29) is 11.8 Å². The Balaban J connectivity index is 1.90. The number of amides is 1. The summed E-state index contributed by atoms with van der Waals surface area (Å²) in [4.78, 5) is 14.0. The Morgan fingerprint density at radius 2 is 1.76 bits per heavy atom. The summed E-state index contributed by atoms with van der Waals surface area (Å²) in [5.74, 6) is -0.149. The van der Waals surface area contributed by atoms with Crippen LogP contribution >= 0.6 is 12.2 Å². The van der Waals surface area contributed by atoms with Crippen molar-refractivity contribution in [3.05, 3.63) is 24.3 Å². The van der Waals surface area contributed by atoms with Crippen LogP contribution in [0.25, 0.3) is 0 Å². The maximum Gasteiger partial charge on any atom is 0.228 e. The summed E-state index contributed by atoms with van der Waals surface area (Å²) in [7, 11) is 0. The number of hydrogen-bond acceptors (Lipinski definition) is 3. The molecule has 0 unspecified atom stereocenters.